The summed E-state index contributed by atoms with van der Waals surface area (Å²) in [5.74, 6) is -0.0662. The summed E-state index contributed by atoms with van der Waals surface area (Å²) in [4.78, 5) is 24.8. The number of nitriles is 1. The summed E-state index contributed by atoms with van der Waals surface area (Å²) in [7, 11) is 0. The number of carbonyl (C=O) groups is 1. The van der Waals surface area contributed by atoms with Gasteiger partial charge in [-0.15, -0.1) is 11.3 Å². The number of nitrogens with zero attached hydrogens (tertiary/aromatic N) is 6. The Kier molecular flexibility index (Phi) is 6.72. The van der Waals surface area contributed by atoms with Crippen LogP contribution in [-0.2, 0) is 22.4 Å². The molecule has 0 unspecified atom stereocenters. The topological polar surface area (TPSA) is 96.4 Å². The number of oxime groups is 1. The summed E-state index contributed by atoms with van der Waals surface area (Å²) < 4.78 is 39.8. The van der Waals surface area contributed by atoms with Crippen LogP contribution in [-0.4, -0.2) is 44.4 Å². The number of benzene rings is 1. The van der Waals surface area contributed by atoms with E-state index in [-0.39, 0.29) is 24.5 Å². The lowest BCUT2D eigenvalue weighted by Crippen LogP contribution is -2.40. The molecule has 5 rings (SSSR count). The average Bonchev–Trinajstić information content (AvgIpc) is 3.64. The Morgan fingerprint density at radius 1 is 1.27 bits per heavy atom. The predicted octanol–water partition coefficient (Wildman–Crippen LogP) is 4.81. The number of hydrogen-bond donors (Lipinski definition) is 0. The lowest BCUT2D eigenvalue weighted by Gasteiger charge is -2.31. The second-order valence-electron chi connectivity index (χ2n) is 9.09. The molecule has 0 N–H and O–H groups in total. The third-order valence-electron chi connectivity index (χ3n) is 6.67. The van der Waals surface area contributed by atoms with E-state index in [1.54, 1.807) is 22.3 Å². The number of aryl methyl sites for hydroxylation is 1. The maximum atomic E-state index is 12.9. The maximum Gasteiger partial charge on any atom is 0.435 e. The molecule has 0 saturated carbocycles. The van der Waals surface area contributed by atoms with Gasteiger partial charge in [-0.3, -0.25) is 9.48 Å². The highest BCUT2D eigenvalue weighted by molar-refractivity contribution is 7.10. The van der Waals surface area contributed by atoms with Gasteiger partial charge in [0.2, 0.25) is 5.91 Å². The predicted molar refractivity (Wildman–Crippen MR) is 129 cm³/mol. The van der Waals surface area contributed by atoms with Crippen molar-refractivity contribution in [2.45, 2.75) is 50.9 Å². The normalized spacial score (nSPS) is 18.4. The fraction of sp³-hybridized carbons (Fsp3) is 0.400. The maximum absolute atomic E-state index is 12.9. The molecule has 1 fully saturated rings. The molecular formula is C25H23F3N6O2S. The zero-order chi connectivity index (χ0) is 26.2. The molecule has 1 amide bonds. The van der Waals surface area contributed by atoms with Crippen LogP contribution < -0.4 is 0 Å². The summed E-state index contributed by atoms with van der Waals surface area (Å²) in [6, 6.07) is 10.4. The number of amides is 1. The standard InChI is InChI=1S/C25H23F3N6O2S/c1-15-10-22(25(26,27)28)31-34(15)13-23(35)33-8-6-16(7-9-33)24-30-20(14-37-24)19-11-21(36-32-19)18-5-3-2-4-17(18)12-29/h2-5,10,14,16,21H,6-9,11,13H2,1H3/t21-/m1/s1. The minimum absolute atomic E-state index is 0.184. The van der Waals surface area contributed by atoms with E-state index in [4.69, 9.17) is 9.82 Å². The smallest absolute Gasteiger partial charge is 0.387 e. The van der Waals surface area contributed by atoms with Crippen molar-refractivity contribution in [2.75, 3.05) is 13.1 Å². The van der Waals surface area contributed by atoms with Crippen LogP contribution in [0.25, 0.3) is 0 Å². The van der Waals surface area contributed by atoms with Crippen LogP contribution in [0.5, 0.6) is 0 Å². The van der Waals surface area contributed by atoms with Crippen molar-refractivity contribution < 1.29 is 22.8 Å². The molecule has 3 aromatic rings. The molecule has 4 heterocycles. The first kappa shape index (κ1) is 25.0. The van der Waals surface area contributed by atoms with Crippen molar-refractivity contribution in [3.63, 3.8) is 0 Å². The summed E-state index contributed by atoms with van der Waals surface area (Å²) in [5, 5.41) is 20.0. The summed E-state index contributed by atoms with van der Waals surface area (Å²) in [6.07, 6.45) is -2.91. The number of likely N-dealkylation sites (tertiary alicyclic amines) is 1. The van der Waals surface area contributed by atoms with Gasteiger partial charge in [0.25, 0.3) is 0 Å². The molecular weight excluding hydrogens is 505 g/mol. The zero-order valence-corrected chi connectivity index (χ0v) is 20.7. The first-order valence-electron chi connectivity index (χ1n) is 11.8. The number of hydrogen-bond acceptors (Lipinski definition) is 7. The third-order valence-corrected chi connectivity index (χ3v) is 7.68. The van der Waals surface area contributed by atoms with Crippen LogP contribution in [0.2, 0.25) is 0 Å². The van der Waals surface area contributed by atoms with Crippen LogP contribution in [0.4, 0.5) is 13.2 Å². The van der Waals surface area contributed by atoms with E-state index in [1.165, 1.54) is 6.92 Å². The van der Waals surface area contributed by atoms with Gasteiger partial charge in [-0.25, -0.2) is 4.98 Å². The van der Waals surface area contributed by atoms with Gasteiger partial charge >= 0.3 is 6.18 Å². The van der Waals surface area contributed by atoms with Crippen LogP contribution in [0, 0.1) is 18.3 Å². The molecule has 1 atom stereocenters. The van der Waals surface area contributed by atoms with E-state index >= 15 is 0 Å². The summed E-state index contributed by atoms with van der Waals surface area (Å²) in [5.41, 5.74) is 2.16. The molecule has 8 nitrogen and oxygen atoms in total. The van der Waals surface area contributed by atoms with Gasteiger partial charge in [0.05, 0.1) is 22.3 Å². The Morgan fingerprint density at radius 2 is 2.03 bits per heavy atom. The number of carbonyl (C=O) groups excluding carboxylic acids is 1. The van der Waals surface area contributed by atoms with Gasteiger partial charge in [-0.2, -0.15) is 23.5 Å². The average molecular weight is 529 g/mol. The van der Waals surface area contributed by atoms with Crippen molar-refractivity contribution in [1.82, 2.24) is 19.7 Å². The zero-order valence-electron chi connectivity index (χ0n) is 19.9. The molecule has 37 heavy (non-hydrogen) atoms. The van der Waals surface area contributed by atoms with E-state index in [9.17, 15) is 23.2 Å². The van der Waals surface area contributed by atoms with Crippen molar-refractivity contribution in [2.24, 2.45) is 5.16 Å². The molecule has 0 spiro atoms. The van der Waals surface area contributed by atoms with Crippen LogP contribution in [0.3, 0.4) is 0 Å². The number of rotatable bonds is 5. The first-order valence-corrected chi connectivity index (χ1v) is 12.7. The second-order valence-corrected chi connectivity index (χ2v) is 9.98. The number of halogens is 3. The Labute approximate surface area is 215 Å². The first-order chi connectivity index (χ1) is 17.7. The molecule has 2 aliphatic heterocycles. The van der Waals surface area contributed by atoms with E-state index in [2.05, 4.69) is 16.3 Å². The molecule has 1 saturated heterocycles. The van der Waals surface area contributed by atoms with Crippen molar-refractivity contribution in [3.05, 3.63) is 68.9 Å². The Bertz CT molecular complexity index is 1380. The van der Waals surface area contributed by atoms with Crippen molar-refractivity contribution >= 4 is 23.0 Å². The van der Waals surface area contributed by atoms with Crippen molar-refractivity contribution in [1.29, 1.82) is 5.26 Å². The van der Waals surface area contributed by atoms with E-state index in [0.717, 1.165) is 32.7 Å². The molecule has 0 bridgehead atoms. The summed E-state index contributed by atoms with van der Waals surface area (Å²) in [6.45, 7) is 2.29. The van der Waals surface area contributed by atoms with Gasteiger partial charge in [-0.05, 0) is 31.9 Å². The molecule has 2 aliphatic rings. The van der Waals surface area contributed by atoms with Gasteiger partial charge in [0.15, 0.2) is 11.8 Å². The number of piperidine rings is 1. The third kappa shape index (κ3) is 5.22. The fourth-order valence-corrected chi connectivity index (χ4v) is 5.60. The molecule has 192 valence electrons. The van der Waals surface area contributed by atoms with Gasteiger partial charge < -0.3 is 9.74 Å². The molecule has 1 aromatic carbocycles. The summed E-state index contributed by atoms with van der Waals surface area (Å²) >= 11 is 1.54. The number of alkyl halides is 3. The lowest BCUT2D eigenvalue weighted by atomic mass is 9.97. The fourth-order valence-electron chi connectivity index (χ4n) is 4.60. The largest absolute Gasteiger partial charge is 0.435 e. The van der Waals surface area contributed by atoms with E-state index < -0.39 is 11.9 Å². The van der Waals surface area contributed by atoms with Crippen LogP contribution >= 0.6 is 11.3 Å². The molecule has 2 aromatic heterocycles. The van der Waals surface area contributed by atoms with Gasteiger partial charge in [-0.1, -0.05) is 23.4 Å². The van der Waals surface area contributed by atoms with E-state index in [0.29, 0.717) is 43.6 Å². The van der Waals surface area contributed by atoms with Crippen LogP contribution in [0.1, 0.15) is 64.5 Å². The highest BCUT2D eigenvalue weighted by Gasteiger charge is 2.35. The van der Waals surface area contributed by atoms with Gasteiger partial charge in [0.1, 0.15) is 12.3 Å². The highest BCUT2D eigenvalue weighted by atomic mass is 32.1. The molecule has 0 aliphatic carbocycles. The number of aromatic nitrogens is 3. The van der Waals surface area contributed by atoms with Crippen LogP contribution in [0.15, 0.2) is 40.9 Å². The van der Waals surface area contributed by atoms with Crippen molar-refractivity contribution in [3.8, 4) is 6.07 Å². The Morgan fingerprint density at radius 3 is 2.73 bits per heavy atom. The Balaban J connectivity index is 1.16. The molecule has 12 heteroatoms. The van der Waals surface area contributed by atoms with Gasteiger partial charge in [0, 0.05) is 42.1 Å². The minimum atomic E-state index is -4.54. The monoisotopic (exact) mass is 528 g/mol. The SMILES string of the molecule is Cc1cc(C(F)(F)F)nn1CC(=O)N1CCC(c2nc(C3=NO[C@@H](c4ccccc4C#N)C3)cs2)CC1. The minimum Gasteiger partial charge on any atom is -0.387 e. The Hall–Kier alpha value is -3.72. The molecule has 0 radical (unpaired) electrons. The lowest BCUT2D eigenvalue weighted by molar-refractivity contribution is -0.142. The number of thiazole rings is 1. The van der Waals surface area contributed by atoms with E-state index in [1.807, 2.05) is 23.6 Å². The quantitative estimate of drug-likeness (QED) is 0.474. The second kappa shape index (κ2) is 9.97. The highest BCUT2D eigenvalue weighted by Crippen LogP contribution is 2.35.